The minimum atomic E-state index is -0.368. The number of hydrogen-bond acceptors (Lipinski definition) is 3. The van der Waals surface area contributed by atoms with Gasteiger partial charge < -0.3 is 14.9 Å². The Kier molecular flexibility index (Phi) is 2.58. The third-order valence-electron chi connectivity index (χ3n) is 3.54. The molecule has 1 heterocycles. The largest absolute Gasteiger partial charge is 0.393 e. The molecule has 0 spiro atoms. The van der Waals surface area contributed by atoms with Crippen LogP contribution in [0, 0.1) is 11.8 Å². The molecular weight excluding hydrogens is 168 g/mol. The van der Waals surface area contributed by atoms with E-state index in [4.69, 9.17) is 4.74 Å². The fourth-order valence-electron chi connectivity index (χ4n) is 2.84. The van der Waals surface area contributed by atoms with Crippen LogP contribution in [0.15, 0.2) is 0 Å². The second-order valence-electron chi connectivity index (χ2n) is 4.35. The molecule has 0 radical (unpaired) electrons. The highest BCUT2D eigenvalue weighted by molar-refractivity contribution is 4.92. The van der Waals surface area contributed by atoms with Crippen LogP contribution in [0.25, 0.3) is 0 Å². The number of ether oxygens (including phenoxy) is 1. The molecule has 0 aromatic carbocycles. The Balaban J connectivity index is 2.05. The molecule has 0 bridgehead atoms. The second-order valence-corrected chi connectivity index (χ2v) is 4.35. The first kappa shape index (κ1) is 9.44. The summed E-state index contributed by atoms with van der Waals surface area (Å²) in [6, 6.07) is 0. The summed E-state index contributed by atoms with van der Waals surface area (Å²) in [6.07, 6.45) is 2.53. The highest BCUT2D eigenvalue weighted by Gasteiger charge is 2.43. The van der Waals surface area contributed by atoms with Crippen molar-refractivity contribution in [3.05, 3.63) is 0 Å². The van der Waals surface area contributed by atoms with Crippen molar-refractivity contribution < 1.29 is 14.9 Å². The van der Waals surface area contributed by atoms with Crippen LogP contribution in [0.4, 0.5) is 0 Å². The first-order chi connectivity index (χ1) is 6.20. The molecule has 0 aromatic heterocycles. The van der Waals surface area contributed by atoms with E-state index in [0.717, 1.165) is 19.3 Å². The van der Waals surface area contributed by atoms with Gasteiger partial charge in [0.15, 0.2) is 0 Å². The third kappa shape index (κ3) is 1.60. The number of rotatable bonds is 1. The van der Waals surface area contributed by atoms with E-state index in [1.54, 1.807) is 0 Å². The van der Waals surface area contributed by atoms with Crippen molar-refractivity contribution in [3.63, 3.8) is 0 Å². The van der Waals surface area contributed by atoms with Gasteiger partial charge in [-0.2, -0.15) is 0 Å². The molecule has 2 aliphatic rings. The number of aliphatic hydroxyl groups is 2. The van der Waals surface area contributed by atoms with Gasteiger partial charge in [-0.15, -0.1) is 0 Å². The first-order valence-corrected chi connectivity index (χ1v) is 5.18. The van der Waals surface area contributed by atoms with Gasteiger partial charge in [-0.25, -0.2) is 0 Å². The van der Waals surface area contributed by atoms with E-state index in [9.17, 15) is 10.2 Å². The van der Waals surface area contributed by atoms with Crippen molar-refractivity contribution >= 4 is 0 Å². The Bertz CT molecular complexity index is 173. The van der Waals surface area contributed by atoms with E-state index in [1.165, 1.54) is 0 Å². The fraction of sp³-hybridized carbons (Fsp3) is 1.00. The molecule has 76 valence electrons. The van der Waals surface area contributed by atoms with Gasteiger partial charge in [-0.05, 0) is 25.7 Å². The summed E-state index contributed by atoms with van der Waals surface area (Å²) in [6.45, 7) is 2.43. The minimum Gasteiger partial charge on any atom is -0.393 e. The van der Waals surface area contributed by atoms with Crippen LogP contribution in [0.3, 0.4) is 0 Å². The van der Waals surface area contributed by atoms with Gasteiger partial charge in [0.1, 0.15) is 0 Å². The molecule has 2 rings (SSSR count). The predicted octanol–water partition coefficient (Wildman–Crippen LogP) is 0.543. The normalized spacial score (nSPS) is 51.5. The molecule has 2 fully saturated rings. The molecule has 13 heavy (non-hydrogen) atoms. The Hall–Kier alpha value is -0.120. The van der Waals surface area contributed by atoms with Crippen LogP contribution in [-0.2, 0) is 4.74 Å². The molecular formula is C10H18O3. The molecule has 5 atom stereocenters. The van der Waals surface area contributed by atoms with Gasteiger partial charge in [0.25, 0.3) is 0 Å². The molecule has 3 nitrogen and oxygen atoms in total. The van der Waals surface area contributed by atoms with Crippen molar-refractivity contribution in [2.45, 2.75) is 44.5 Å². The lowest BCUT2D eigenvalue weighted by molar-refractivity contribution is 0.0310. The lowest BCUT2D eigenvalue weighted by Crippen LogP contribution is -2.34. The average molecular weight is 186 g/mol. The Morgan fingerprint density at radius 2 is 1.92 bits per heavy atom. The summed E-state index contributed by atoms with van der Waals surface area (Å²) in [5, 5.41) is 19.4. The highest BCUT2D eigenvalue weighted by Crippen LogP contribution is 2.38. The van der Waals surface area contributed by atoms with Crippen LogP contribution in [0.1, 0.15) is 26.2 Å². The summed E-state index contributed by atoms with van der Waals surface area (Å²) in [5.41, 5.74) is 0. The van der Waals surface area contributed by atoms with Gasteiger partial charge in [0.05, 0.1) is 24.9 Å². The summed E-state index contributed by atoms with van der Waals surface area (Å²) in [4.78, 5) is 0. The van der Waals surface area contributed by atoms with E-state index in [0.29, 0.717) is 6.61 Å². The van der Waals surface area contributed by atoms with Gasteiger partial charge in [0, 0.05) is 5.92 Å². The maximum Gasteiger partial charge on any atom is 0.0830 e. The Morgan fingerprint density at radius 1 is 1.15 bits per heavy atom. The summed E-state index contributed by atoms with van der Waals surface area (Å²) in [7, 11) is 0. The average Bonchev–Trinajstić information content (AvgIpc) is 2.60. The van der Waals surface area contributed by atoms with Crippen molar-refractivity contribution in [1.29, 1.82) is 0 Å². The monoisotopic (exact) mass is 186 g/mol. The summed E-state index contributed by atoms with van der Waals surface area (Å²) in [5.74, 6) is 0.407. The van der Waals surface area contributed by atoms with Gasteiger partial charge in [-0.3, -0.25) is 0 Å². The Morgan fingerprint density at radius 3 is 2.38 bits per heavy atom. The molecule has 0 amide bonds. The standard InChI is InChI=1S/C10H18O3/c1-6-10(9(12)5-13-6)7-3-2-4-8(7)11/h6-12H,2-5H2,1H3. The second kappa shape index (κ2) is 3.56. The third-order valence-corrected chi connectivity index (χ3v) is 3.54. The van der Waals surface area contributed by atoms with Gasteiger partial charge in [0.2, 0.25) is 0 Å². The lowest BCUT2D eigenvalue weighted by atomic mass is 9.83. The van der Waals surface area contributed by atoms with E-state index >= 15 is 0 Å². The zero-order chi connectivity index (χ0) is 9.42. The van der Waals surface area contributed by atoms with Crippen molar-refractivity contribution in [2.75, 3.05) is 6.61 Å². The summed E-state index contributed by atoms with van der Waals surface area (Å²) >= 11 is 0. The molecule has 1 saturated carbocycles. The molecule has 0 aromatic rings. The molecule has 3 heteroatoms. The van der Waals surface area contributed by atoms with E-state index in [1.807, 2.05) is 6.92 Å². The van der Waals surface area contributed by atoms with Crippen molar-refractivity contribution in [1.82, 2.24) is 0 Å². The smallest absolute Gasteiger partial charge is 0.0830 e. The van der Waals surface area contributed by atoms with Crippen LogP contribution in [-0.4, -0.2) is 35.1 Å². The maximum atomic E-state index is 9.72. The predicted molar refractivity (Wildman–Crippen MR) is 48.3 cm³/mol. The number of aliphatic hydroxyl groups excluding tert-OH is 2. The van der Waals surface area contributed by atoms with E-state index in [-0.39, 0.29) is 30.1 Å². The fourth-order valence-corrected chi connectivity index (χ4v) is 2.84. The van der Waals surface area contributed by atoms with Gasteiger partial charge in [-0.1, -0.05) is 6.42 Å². The maximum absolute atomic E-state index is 9.72. The van der Waals surface area contributed by atoms with Crippen LogP contribution in [0.5, 0.6) is 0 Å². The van der Waals surface area contributed by atoms with Crippen LogP contribution >= 0.6 is 0 Å². The van der Waals surface area contributed by atoms with E-state index < -0.39 is 0 Å². The Labute approximate surface area is 78.7 Å². The molecule has 1 saturated heterocycles. The highest BCUT2D eigenvalue weighted by atomic mass is 16.5. The number of hydrogen-bond donors (Lipinski definition) is 2. The molecule has 1 aliphatic heterocycles. The van der Waals surface area contributed by atoms with Gasteiger partial charge >= 0.3 is 0 Å². The van der Waals surface area contributed by atoms with Crippen molar-refractivity contribution in [3.8, 4) is 0 Å². The SMILES string of the molecule is CC1OCC(O)C1C1CCCC1O. The molecule has 2 N–H and O–H groups in total. The lowest BCUT2D eigenvalue weighted by Gasteiger charge is -2.26. The molecule has 1 aliphatic carbocycles. The summed E-state index contributed by atoms with van der Waals surface area (Å²) < 4.78 is 5.38. The van der Waals surface area contributed by atoms with Crippen molar-refractivity contribution in [2.24, 2.45) is 11.8 Å². The zero-order valence-electron chi connectivity index (χ0n) is 8.02. The minimum absolute atomic E-state index is 0.104. The molecule has 5 unspecified atom stereocenters. The van der Waals surface area contributed by atoms with E-state index in [2.05, 4.69) is 0 Å². The first-order valence-electron chi connectivity index (χ1n) is 5.18. The quantitative estimate of drug-likeness (QED) is 0.628. The van der Waals surface area contributed by atoms with Crippen LogP contribution in [0.2, 0.25) is 0 Å². The van der Waals surface area contributed by atoms with Crippen LogP contribution < -0.4 is 0 Å². The topological polar surface area (TPSA) is 49.7 Å². The zero-order valence-corrected chi connectivity index (χ0v) is 8.02.